The van der Waals surface area contributed by atoms with Gasteiger partial charge < -0.3 is 9.64 Å². The van der Waals surface area contributed by atoms with E-state index in [1.54, 1.807) is 18.2 Å². The molecule has 0 saturated carbocycles. The molecule has 0 unspecified atom stereocenters. The Bertz CT molecular complexity index is 978. The Morgan fingerprint density at radius 3 is 2.70 bits per heavy atom. The fourth-order valence-electron chi connectivity index (χ4n) is 3.16. The highest BCUT2D eigenvalue weighted by Crippen LogP contribution is 2.26. The molecular weight excluding hydrogens is 367 g/mol. The summed E-state index contributed by atoms with van der Waals surface area (Å²) in [5, 5.41) is 5.27. The molecule has 3 heterocycles. The number of benzene rings is 1. The van der Waals surface area contributed by atoms with Gasteiger partial charge in [-0.3, -0.25) is 4.79 Å². The van der Waals surface area contributed by atoms with E-state index in [4.69, 9.17) is 4.74 Å². The van der Waals surface area contributed by atoms with Gasteiger partial charge in [0.05, 0.1) is 12.7 Å². The fourth-order valence-corrected chi connectivity index (χ4v) is 4.14. The lowest BCUT2D eigenvalue weighted by Crippen LogP contribution is -2.37. The monoisotopic (exact) mass is 388 g/mol. The number of rotatable bonds is 5. The third-order valence-corrected chi connectivity index (χ3v) is 5.73. The molecule has 3 aromatic rings. The maximum Gasteiger partial charge on any atom is 0.275 e. The first kappa shape index (κ1) is 18.1. The summed E-state index contributed by atoms with van der Waals surface area (Å²) in [7, 11) is 0. The number of hydrogen-bond acceptors (Lipinski definition) is 6. The summed E-state index contributed by atoms with van der Waals surface area (Å²) in [4.78, 5) is 19.5. The van der Waals surface area contributed by atoms with Crippen molar-refractivity contribution in [3.63, 3.8) is 0 Å². The van der Waals surface area contributed by atoms with Crippen molar-refractivity contribution < 1.29 is 9.13 Å². The summed E-state index contributed by atoms with van der Waals surface area (Å²) >= 11 is 1.45. The lowest BCUT2D eigenvalue weighted by atomic mass is 10.1. The molecule has 1 aliphatic rings. The smallest absolute Gasteiger partial charge is 0.275 e. The Morgan fingerprint density at radius 1 is 1.26 bits per heavy atom. The van der Waals surface area contributed by atoms with Crippen LogP contribution in [0.1, 0.15) is 31.0 Å². The van der Waals surface area contributed by atoms with Gasteiger partial charge in [-0.25, -0.2) is 9.37 Å². The van der Waals surface area contributed by atoms with E-state index in [-0.39, 0.29) is 17.5 Å². The van der Waals surface area contributed by atoms with E-state index in [9.17, 15) is 9.18 Å². The van der Waals surface area contributed by atoms with E-state index in [0.29, 0.717) is 11.6 Å². The molecule has 1 aliphatic heterocycles. The first-order valence-electron chi connectivity index (χ1n) is 9.13. The first-order chi connectivity index (χ1) is 13.1. The topological polar surface area (TPSA) is 59.7 Å². The van der Waals surface area contributed by atoms with Crippen LogP contribution in [0.15, 0.2) is 35.1 Å². The molecule has 0 aliphatic carbocycles. The number of piperidine rings is 1. The quantitative estimate of drug-likeness (QED) is 0.672. The van der Waals surface area contributed by atoms with Gasteiger partial charge in [-0.15, -0.1) is 5.10 Å². The molecule has 1 fully saturated rings. The third-order valence-electron chi connectivity index (χ3n) is 4.76. The standard InChI is InChI=1S/C19H21FN4O2S/c1-2-15-11-17(25)24-18(21-15)27-19(22-24)23-9-7-16(8-10-23)26-12-13-3-5-14(20)6-4-13/h3-6,11,16H,2,7-10,12H2,1H3. The molecule has 0 radical (unpaired) electrons. The highest BCUT2D eigenvalue weighted by Gasteiger charge is 2.23. The molecule has 0 N–H and O–H groups in total. The van der Waals surface area contributed by atoms with Crippen LogP contribution in [0.25, 0.3) is 4.96 Å². The largest absolute Gasteiger partial charge is 0.373 e. The summed E-state index contributed by atoms with van der Waals surface area (Å²) in [5.41, 5.74) is 1.64. The van der Waals surface area contributed by atoms with Crippen LogP contribution in [-0.4, -0.2) is 33.8 Å². The molecule has 142 valence electrons. The SMILES string of the molecule is CCc1cc(=O)n2nc(N3CCC(OCc4ccc(F)cc4)CC3)sc2n1. The van der Waals surface area contributed by atoms with Crippen LogP contribution in [0, 0.1) is 5.82 Å². The van der Waals surface area contributed by atoms with E-state index in [0.717, 1.165) is 48.7 Å². The normalized spacial score (nSPS) is 15.6. The second kappa shape index (κ2) is 7.74. The third kappa shape index (κ3) is 4.01. The second-order valence-corrected chi connectivity index (χ2v) is 7.58. The van der Waals surface area contributed by atoms with E-state index in [1.165, 1.54) is 28.0 Å². The van der Waals surface area contributed by atoms with Crippen molar-refractivity contribution in [1.29, 1.82) is 0 Å². The van der Waals surface area contributed by atoms with E-state index in [2.05, 4.69) is 15.0 Å². The molecule has 27 heavy (non-hydrogen) atoms. The van der Waals surface area contributed by atoms with Gasteiger partial charge in [0.1, 0.15) is 5.82 Å². The van der Waals surface area contributed by atoms with Crippen molar-refractivity contribution in [1.82, 2.24) is 14.6 Å². The summed E-state index contributed by atoms with van der Waals surface area (Å²) in [6.07, 6.45) is 2.68. The maximum absolute atomic E-state index is 13.0. The molecule has 0 amide bonds. The fraction of sp³-hybridized carbons (Fsp3) is 0.421. The highest BCUT2D eigenvalue weighted by atomic mass is 32.1. The van der Waals surface area contributed by atoms with E-state index < -0.39 is 0 Å². The average Bonchev–Trinajstić information content (AvgIpc) is 3.12. The Kier molecular flexibility index (Phi) is 5.18. The minimum absolute atomic E-state index is 0.128. The van der Waals surface area contributed by atoms with Crippen LogP contribution >= 0.6 is 11.3 Å². The van der Waals surface area contributed by atoms with Crippen LogP contribution in [-0.2, 0) is 17.8 Å². The maximum atomic E-state index is 13.0. The molecule has 6 nitrogen and oxygen atoms in total. The van der Waals surface area contributed by atoms with Gasteiger partial charge in [-0.05, 0) is 37.0 Å². The van der Waals surface area contributed by atoms with Crippen LogP contribution in [0.3, 0.4) is 0 Å². The van der Waals surface area contributed by atoms with Crippen molar-refractivity contribution in [2.45, 2.75) is 38.9 Å². The van der Waals surface area contributed by atoms with Crippen LogP contribution in [0.2, 0.25) is 0 Å². The predicted molar refractivity (Wildman–Crippen MR) is 103 cm³/mol. The number of ether oxygens (including phenoxy) is 1. The van der Waals surface area contributed by atoms with Gasteiger partial charge in [0.2, 0.25) is 10.1 Å². The zero-order valence-electron chi connectivity index (χ0n) is 15.1. The van der Waals surface area contributed by atoms with Crippen molar-refractivity contribution in [3.05, 3.63) is 57.8 Å². The average molecular weight is 388 g/mol. The number of halogens is 1. The number of hydrogen-bond donors (Lipinski definition) is 0. The second-order valence-electron chi connectivity index (χ2n) is 6.64. The van der Waals surface area contributed by atoms with Crippen LogP contribution in [0.5, 0.6) is 0 Å². The summed E-state index contributed by atoms with van der Waals surface area (Å²) in [5.74, 6) is -0.234. The zero-order chi connectivity index (χ0) is 18.8. The molecule has 4 rings (SSSR count). The highest BCUT2D eigenvalue weighted by molar-refractivity contribution is 7.20. The van der Waals surface area contributed by atoms with Crippen molar-refractivity contribution in [2.75, 3.05) is 18.0 Å². The molecule has 0 spiro atoms. The molecule has 0 atom stereocenters. The Morgan fingerprint density at radius 2 is 2.00 bits per heavy atom. The molecule has 1 aromatic carbocycles. The number of aryl methyl sites for hydroxylation is 1. The van der Waals surface area contributed by atoms with Gasteiger partial charge in [-0.2, -0.15) is 4.52 Å². The van der Waals surface area contributed by atoms with Crippen molar-refractivity contribution in [3.8, 4) is 0 Å². The Hall–Kier alpha value is -2.32. The molecule has 8 heteroatoms. The minimum atomic E-state index is -0.234. The molecule has 2 aromatic heterocycles. The van der Waals surface area contributed by atoms with E-state index in [1.807, 2.05) is 6.92 Å². The lowest BCUT2D eigenvalue weighted by Gasteiger charge is -2.31. The Balaban J connectivity index is 1.37. The molecule has 1 saturated heterocycles. The lowest BCUT2D eigenvalue weighted by molar-refractivity contribution is 0.0251. The minimum Gasteiger partial charge on any atom is -0.373 e. The molecule has 0 bridgehead atoms. The van der Waals surface area contributed by atoms with Gasteiger partial charge in [0.25, 0.3) is 5.56 Å². The first-order valence-corrected chi connectivity index (χ1v) is 9.95. The predicted octanol–water partition coefficient (Wildman–Crippen LogP) is 3.04. The summed E-state index contributed by atoms with van der Waals surface area (Å²) in [6, 6.07) is 7.95. The Labute approximate surface area is 160 Å². The number of aromatic nitrogens is 3. The van der Waals surface area contributed by atoms with Gasteiger partial charge >= 0.3 is 0 Å². The molecular formula is C19H21FN4O2S. The van der Waals surface area contributed by atoms with Crippen LogP contribution in [0.4, 0.5) is 9.52 Å². The number of nitrogens with zero attached hydrogens (tertiary/aromatic N) is 4. The van der Waals surface area contributed by atoms with Crippen molar-refractivity contribution in [2.24, 2.45) is 0 Å². The van der Waals surface area contributed by atoms with Gasteiger partial charge in [0, 0.05) is 24.8 Å². The number of anilines is 1. The van der Waals surface area contributed by atoms with Crippen molar-refractivity contribution >= 4 is 21.4 Å². The summed E-state index contributed by atoms with van der Waals surface area (Å²) < 4.78 is 20.3. The van der Waals surface area contributed by atoms with E-state index >= 15 is 0 Å². The number of fused-ring (bicyclic) bond motifs is 1. The van der Waals surface area contributed by atoms with Gasteiger partial charge in [0.15, 0.2) is 0 Å². The van der Waals surface area contributed by atoms with Crippen LogP contribution < -0.4 is 10.5 Å². The van der Waals surface area contributed by atoms with Gasteiger partial charge in [-0.1, -0.05) is 30.4 Å². The zero-order valence-corrected chi connectivity index (χ0v) is 15.9. The summed E-state index contributed by atoms with van der Waals surface area (Å²) in [6.45, 7) is 4.12.